The smallest absolute Gasteiger partial charge is 0.227 e. The van der Waals surface area contributed by atoms with Gasteiger partial charge < -0.3 is 24.4 Å². The van der Waals surface area contributed by atoms with Gasteiger partial charge in [-0.1, -0.05) is 23.2 Å². The predicted molar refractivity (Wildman–Crippen MR) is 166 cm³/mol. The van der Waals surface area contributed by atoms with E-state index in [0.29, 0.717) is 57.9 Å². The van der Waals surface area contributed by atoms with Crippen molar-refractivity contribution in [2.24, 2.45) is 0 Å². The van der Waals surface area contributed by atoms with E-state index in [1.807, 2.05) is 6.07 Å². The lowest BCUT2D eigenvalue weighted by atomic mass is 10.0. The third-order valence-electron chi connectivity index (χ3n) is 7.83. The number of rotatable bonds is 9. The van der Waals surface area contributed by atoms with E-state index in [9.17, 15) is 8.42 Å². The van der Waals surface area contributed by atoms with Gasteiger partial charge in [-0.2, -0.15) is 0 Å². The van der Waals surface area contributed by atoms with Crippen molar-refractivity contribution >= 4 is 50.4 Å². The van der Waals surface area contributed by atoms with Crippen molar-refractivity contribution in [2.45, 2.75) is 32.4 Å². The van der Waals surface area contributed by atoms with Gasteiger partial charge in [-0.05, 0) is 43.5 Å². The van der Waals surface area contributed by atoms with E-state index in [2.05, 4.69) is 44.1 Å². The van der Waals surface area contributed by atoms with Crippen LogP contribution in [-0.4, -0.2) is 81.2 Å². The molecule has 5 rings (SSSR count). The molecule has 0 spiro atoms. The summed E-state index contributed by atoms with van der Waals surface area (Å²) in [7, 11) is 0.186. The minimum Gasteiger partial charge on any atom is -0.495 e. The summed E-state index contributed by atoms with van der Waals surface area (Å²) < 4.78 is 40.0. The maximum Gasteiger partial charge on any atom is 0.227 e. The Balaban J connectivity index is 1.16. The number of aromatic nitrogens is 2. The Kier molecular flexibility index (Phi) is 9.51. The van der Waals surface area contributed by atoms with Crippen LogP contribution in [0.15, 0.2) is 36.7 Å². The average Bonchev–Trinajstić information content (AvgIpc) is 2.98. The summed E-state index contributed by atoms with van der Waals surface area (Å²) in [6.07, 6.45) is 5.23. The molecule has 1 N–H and O–H groups in total. The van der Waals surface area contributed by atoms with Gasteiger partial charge in [0.2, 0.25) is 5.95 Å². The van der Waals surface area contributed by atoms with E-state index in [4.69, 9.17) is 37.4 Å². The fourth-order valence-electron chi connectivity index (χ4n) is 5.45. The van der Waals surface area contributed by atoms with Crippen molar-refractivity contribution in [3.8, 4) is 17.2 Å². The summed E-state index contributed by atoms with van der Waals surface area (Å²) in [6.45, 7) is 5.39. The first-order valence-corrected chi connectivity index (χ1v) is 16.4. The average molecular weight is 637 g/mol. The van der Waals surface area contributed by atoms with Crippen LogP contribution in [0.1, 0.15) is 24.0 Å². The number of anilines is 3. The highest BCUT2D eigenvalue weighted by atomic mass is 35.5. The molecule has 2 saturated heterocycles. The van der Waals surface area contributed by atoms with Crippen LogP contribution >= 0.6 is 23.2 Å². The lowest BCUT2D eigenvalue weighted by Crippen LogP contribution is -2.50. The highest BCUT2D eigenvalue weighted by Crippen LogP contribution is 2.40. The van der Waals surface area contributed by atoms with Crippen molar-refractivity contribution in [3.05, 3.63) is 57.8 Å². The van der Waals surface area contributed by atoms with Crippen molar-refractivity contribution in [2.75, 3.05) is 62.1 Å². The van der Waals surface area contributed by atoms with Crippen LogP contribution in [-0.2, 0) is 16.4 Å². The zero-order valence-electron chi connectivity index (χ0n) is 23.9. The number of piperidine rings is 1. The van der Waals surface area contributed by atoms with Crippen LogP contribution in [0.2, 0.25) is 10.0 Å². The minimum absolute atomic E-state index is 0.0825. The summed E-state index contributed by atoms with van der Waals surface area (Å²) >= 11 is 12.9. The number of aryl methyl sites for hydroxylation is 1. The maximum absolute atomic E-state index is 11.8. The Labute approximate surface area is 256 Å². The zero-order chi connectivity index (χ0) is 29.9. The number of ether oxygens (including phenoxy) is 3. The summed E-state index contributed by atoms with van der Waals surface area (Å²) in [5.41, 5.74) is 3.79. The molecule has 2 aliphatic rings. The first-order valence-electron chi connectivity index (χ1n) is 13.8. The number of benzene rings is 2. The molecule has 0 atom stereocenters. The highest BCUT2D eigenvalue weighted by molar-refractivity contribution is 7.91. The van der Waals surface area contributed by atoms with Gasteiger partial charge in [-0.15, -0.1) is 0 Å². The van der Waals surface area contributed by atoms with Crippen LogP contribution in [0.5, 0.6) is 17.2 Å². The van der Waals surface area contributed by atoms with Gasteiger partial charge in [0.05, 0.1) is 48.2 Å². The normalized spacial score (nSPS) is 17.6. The third-order valence-corrected chi connectivity index (χ3v) is 10.3. The van der Waals surface area contributed by atoms with Crippen molar-refractivity contribution in [1.82, 2.24) is 14.9 Å². The third kappa shape index (κ3) is 6.96. The number of nitrogens with one attached hydrogen (secondary N) is 1. The molecular weight excluding hydrogens is 601 g/mol. The second kappa shape index (κ2) is 13.1. The Morgan fingerprint density at radius 3 is 2.14 bits per heavy atom. The standard InChI is InChI=1S/C29H35Cl2N5O5S/c1-19-14-20(4-5-24(19)36-8-6-21(7-9-36)35-10-12-42(37,38)13-11-35)34-29-32-16-22(17-33-29)41-18-23-27(30)25(39-2)15-26(40-3)28(23)31/h4-5,14-17,21H,6-13,18H2,1-3H3,(H,32,33,34). The molecule has 2 fully saturated rings. The number of nitrogens with zero attached hydrogens (tertiary/aromatic N) is 4. The van der Waals surface area contributed by atoms with E-state index >= 15 is 0 Å². The van der Waals surface area contributed by atoms with E-state index in [0.717, 1.165) is 37.2 Å². The molecule has 3 heterocycles. The highest BCUT2D eigenvalue weighted by Gasteiger charge is 2.30. The minimum atomic E-state index is -2.85. The van der Waals surface area contributed by atoms with E-state index in [1.165, 1.54) is 19.9 Å². The maximum atomic E-state index is 11.8. The number of hydrogen-bond donors (Lipinski definition) is 1. The number of methoxy groups -OCH3 is 2. The van der Waals surface area contributed by atoms with Crippen molar-refractivity contribution in [3.63, 3.8) is 0 Å². The van der Waals surface area contributed by atoms with Crippen LogP contribution in [0, 0.1) is 6.92 Å². The first-order chi connectivity index (χ1) is 20.2. The summed E-state index contributed by atoms with van der Waals surface area (Å²) in [6, 6.07) is 8.32. The Bertz CT molecular complexity index is 1470. The van der Waals surface area contributed by atoms with E-state index in [-0.39, 0.29) is 18.1 Å². The van der Waals surface area contributed by atoms with Crippen molar-refractivity contribution < 1.29 is 22.6 Å². The van der Waals surface area contributed by atoms with Crippen LogP contribution in [0.25, 0.3) is 0 Å². The molecule has 2 aromatic carbocycles. The van der Waals surface area contributed by atoms with Crippen LogP contribution in [0.3, 0.4) is 0 Å². The molecule has 226 valence electrons. The molecule has 13 heteroatoms. The molecule has 0 unspecified atom stereocenters. The molecule has 0 radical (unpaired) electrons. The summed E-state index contributed by atoms with van der Waals surface area (Å²) in [4.78, 5) is 13.5. The van der Waals surface area contributed by atoms with Crippen molar-refractivity contribution in [1.29, 1.82) is 0 Å². The summed E-state index contributed by atoms with van der Waals surface area (Å²) in [5.74, 6) is 2.34. The predicted octanol–water partition coefficient (Wildman–Crippen LogP) is 5.13. The van der Waals surface area contributed by atoms with Gasteiger partial charge in [0.25, 0.3) is 0 Å². The molecule has 3 aromatic rings. The SMILES string of the molecule is COc1cc(OC)c(Cl)c(COc2cnc(Nc3ccc(N4CCC(N5CCS(=O)(=O)CC5)CC4)c(C)c3)nc2)c1Cl. The Hall–Kier alpha value is -2.99. The van der Waals surface area contributed by atoms with Gasteiger partial charge in [0.15, 0.2) is 15.6 Å². The molecule has 0 saturated carbocycles. The Morgan fingerprint density at radius 2 is 1.57 bits per heavy atom. The zero-order valence-corrected chi connectivity index (χ0v) is 26.2. The molecular formula is C29H35Cl2N5O5S. The van der Waals surface area contributed by atoms with Gasteiger partial charge in [-0.3, -0.25) is 4.90 Å². The molecule has 1 aromatic heterocycles. The molecule has 0 bridgehead atoms. The van der Waals surface area contributed by atoms with Gasteiger partial charge in [0.1, 0.15) is 18.1 Å². The molecule has 42 heavy (non-hydrogen) atoms. The topological polar surface area (TPSA) is 106 Å². The summed E-state index contributed by atoms with van der Waals surface area (Å²) in [5, 5.41) is 3.96. The van der Waals surface area contributed by atoms with Crippen LogP contribution in [0.4, 0.5) is 17.3 Å². The second-order valence-electron chi connectivity index (χ2n) is 10.5. The number of sulfone groups is 1. The van der Waals surface area contributed by atoms with Gasteiger partial charge in [-0.25, -0.2) is 18.4 Å². The lowest BCUT2D eigenvalue weighted by Gasteiger charge is -2.41. The molecule has 0 aliphatic carbocycles. The monoisotopic (exact) mass is 635 g/mol. The first kappa shape index (κ1) is 30.5. The van der Waals surface area contributed by atoms with Gasteiger partial charge >= 0.3 is 0 Å². The fraction of sp³-hybridized carbons (Fsp3) is 0.448. The van der Waals surface area contributed by atoms with E-state index in [1.54, 1.807) is 18.5 Å². The second-order valence-corrected chi connectivity index (χ2v) is 13.5. The molecule has 0 amide bonds. The molecule has 10 nitrogen and oxygen atoms in total. The molecule has 2 aliphatic heterocycles. The van der Waals surface area contributed by atoms with Gasteiger partial charge in [0, 0.05) is 55.2 Å². The lowest BCUT2D eigenvalue weighted by molar-refractivity contribution is 0.182. The quantitative estimate of drug-likeness (QED) is 0.340. The van der Waals surface area contributed by atoms with Crippen LogP contribution < -0.4 is 24.4 Å². The number of halogens is 2. The van der Waals surface area contributed by atoms with E-state index < -0.39 is 9.84 Å². The largest absolute Gasteiger partial charge is 0.495 e. The Morgan fingerprint density at radius 1 is 0.952 bits per heavy atom. The number of hydrogen-bond acceptors (Lipinski definition) is 10. The fourth-order valence-corrected chi connectivity index (χ4v) is 7.29.